The van der Waals surface area contributed by atoms with Crippen molar-refractivity contribution in [3.8, 4) is 16.9 Å². The highest BCUT2D eigenvalue weighted by Gasteiger charge is 2.49. The summed E-state index contributed by atoms with van der Waals surface area (Å²) in [5.41, 5.74) is 2.55. The van der Waals surface area contributed by atoms with E-state index in [1.807, 2.05) is 23.1 Å². The average Bonchev–Trinajstić information content (AvgIpc) is 3.67. The summed E-state index contributed by atoms with van der Waals surface area (Å²) >= 11 is 0. The number of aryl methyl sites for hydroxylation is 1. The number of nitrogens with one attached hydrogen (secondary N) is 1. The van der Waals surface area contributed by atoms with E-state index in [4.69, 9.17) is 19.0 Å². The van der Waals surface area contributed by atoms with Crippen LogP contribution in [0, 0.1) is 13.8 Å². The van der Waals surface area contributed by atoms with E-state index in [0.29, 0.717) is 41.3 Å². The number of nitrogens with zero attached hydrogens (tertiary/aromatic N) is 3. The number of amidine groups is 1. The molecule has 2 aromatic carbocycles. The van der Waals surface area contributed by atoms with Crippen LogP contribution in [0.2, 0.25) is 0 Å². The molecule has 10 nitrogen and oxygen atoms in total. The van der Waals surface area contributed by atoms with Crippen molar-refractivity contribution in [1.82, 2.24) is 10.1 Å². The predicted molar refractivity (Wildman–Crippen MR) is 165 cm³/mol. The molecule has 1 aliphatic carbocycles. The molecular formula is C32H40N4O6S. The largest absolute Gasteiger partial charge is 0.491 e. The topological polar surface area (TPSA) is 123 Å². The summed E-state index contributed by atoms with van der Waals surface area (Å²) in [5, 5.41) is 3.86. The molecule has 1 aromatic heterocycles. The van der Waals surface area contributed by atoms with E-state index >= 15 is 0 Å². The SMILES string of the molecule is CCCCC1=NC2(CCCC2)C(=O)N1Cc1ccc(-c2ccccc2S(=O)(=O)Nc2onc(C)c2C)c(OCCOC)c1. The van der Waals surface area contributed by atoms with Crippen LogP contribution < -0.4 is 9.46 Å². The molecule has 0 radical (unpaired) electrons. The van der Waals surface area contributed by atoms with E-state index in [1.165, 1.54) is 0 Å². The van der Waals surface area contributed by atoms with Gasteiger partial charge in [-0.3, -0.25) is 14.7 Å². The second kappa shape index (κ2) is 12.9. The highest BCUT2D eigenvalue weighted by molar-refractivity contribution is 7.92. The van der Waals surface area contributed by atoms with E-state index in [0.717, 1.165) is 56.3 Å². The third kappa shape index (κ3) is 6.33. The Balaban J connectivity index is 1.49. The van der Waals surface area contributed by atoms with Crippen LogP contribution in [-0.2, 0) is 26.1 Å². The molecule has 2 aliphatic rings. The Bertz CT molecular complexity index is 1610. The Hall–Kier alpha value is -3.70. The van der Waals surface area contributed by atoms with Crippen molar-refractivity contribution in [1.29, 1.82) is 0 Å². The normalized spacial score (nSPS) is 16.2. The lowest BCUT2D eigenvalue weighted by molar-refractivity contribution is -0.131. The first-order valence-electron chi connectivity index (χ1n) is 14.9. The first kappa shape index (κ1) is 30.7. The molecule has 230 valence electrons. The molecule has 1 aliphatic heterocycles. The highest BCUT2D eigenvalue weighted by atomic mass is 32.2. The maximum absolute atomic E-state index is 13.7. The summed E-state index contributed by atoms with van der Waals surface area (Å²) in [4.78, 5) is 20.6. The summed E-state index contributed by atoms with van der Waals surface area (Å²) in [6, 6.07) is 12.4. The smallest absolute Gasteiger partial charge is 0.264 e. The first-order valence-corrected chi connectivity index (χ1v) is 16.4. The Labute approximate surface area is 253 Å². The summed E-state index contributed by atoms with van der Waals surface area (Å²) in [7, 11) is -2.45. The second-order valence-electron chi connectivity index (χ2n) is 11.3. The fourth-order valence-corrected chi connectivity index (χ4v) is 7.00. The number of sulfonamides is 1. The third-order valence-corrected chi connectivity index (χ3v) is 9.65. The molecular weight excluding hydrogens is 568 g/mol. The number of rotatable bonds is 13. The number of methoxy groups -OCH3 is 1. The summed E-state index contributed by atoms with van der Waals surface area (Å²) < 4.78 is 46.3. The number of anilines is 1. The predicted octanol–water partition coefficient (Wildman–Crippen LogP) is 6.03. The van der Waals surface area contributed by atoms with Crippen molar-refractivity contribution in [3.05, 3.63) is 59.3 Å². The molecule has 1 saturated carbocycles. The zero-order valence-corrected chi connectivity index (χ0v) is 26.1. The van der Waals surface area contributed by atoms with E-state index in [-0.39, 0.29) is 23.3 Å². The molecule has 0 unspecified atom stereocenters. The van der Waals surface area contributed by atoms with Crippen LogP contribution in [0.4, 0.5) is 5.88 Å². The number of benzene rings is 2. The standard InChI is InChI=1S/C32H40N4O6S/c1-5-6-13-29-33-32(16-9-10-17-32)31(37)36(29)21-24-14-15-25(27(20-24)41-19-18-40-4)26-11-7-8-12-28(26)43(38,39)35-30-22(2)23(3)34-42-30/h7-8,11-12,14-15,20,35H,5-6,9-10,13,16-19,21H2,1-4H3. The summed E-state index contributed by atoms with van der Waals surface area (Å²) in [6.45, 7) is 6.62. The maximum Gasteiger partial charge on any atom is 0.264 e. The van der Waals surface area contributed by atoms with Gasteiger partial charge in [-0.1, -0.05) is 61.7 Å². The lowest BCUT2D eigenvalue weighted by Gasteiger charge is -2.23. The lowest BCUT2D eigenvalue weighted by atomic mass is 9.98. The molecule has 1 fully saturated rings. The minimum atomic E-state index is -4.04. The van der Waals surface area contributed by atoms with E-state index in [2.05, 4.69) is 16.8 Å². The van der Waals surface area contributed by atoms with E-state index in [1.54, 1.807) is 45.2 Å². The Morgan fingerprint density at radius 1 is 1.07 bits per heavy atom. The number of carbonyl (C=O) groups is 1. The minimum Gasteiger partial charge on any atom is -0.491 e. The number of hydrogen-bond acceptors (Lipinski definition) is 8. The first-order chi connectivity index (χ1) is 20.7. The number of aliphatic imine (C=N–C) groups is 1. The third-order valence-electron chi connectivity index (χ3n) is 8.27. The molecule has 0 saturated heterocycles. The Morgan fingerprint density at radius 2 is 1.84 bits per heavy atom. The molecule has 5 rings (SSSR count). The zero-order valence-electron chi connectivity index (χ0n) is 25.3. The fourth-order valence-electron chi connectivity index (χ4n) is 5.73. The molecule has 1 N–H and O–H groups in total. The van der Waals surface area contributed by atoms with Gasteiger partial charge in [0.25, 0.3) is 15.9 Å². The number of ether oxygens (including phenoxy) is 2. The van der Waals surface area contributed by atoms with Gasteiger partial charge in [-0.15, -0.1) is 0 Å². The number of aromatic nitrogens is 1. The summed E-state index contributed by atoms with van der Waals surface area (Å²) in [6.07, 6.45) is 6.39. The van der Waals surface area contributed by atoms with Gasteiger partial charge in [0.15, 0.2) is 0 Å². The quantitative estimate of drug-likeness (QED) is 0.235. The van der Waals surface area contributed by atoms with Crippen LogP contribution in [0.25, 0.3) is 11.1 Å². The van der Waals surface area contributed by atoms with Gasteiger partial charge < -0.3 is 14.0 Å². The number of unbranched alkanes of at least 4 members (excludes halogenated alkanes) is 1. The van der Waals surface area contributed by atoms with Crippen LogP contribution in [0.15, 0.2) is 56.9 Å². The average molecular weight is 609 g/mol. The lowest BCUT2D eigenvalue weighted by Crippen LogP contribution is -2.40. The molecule has 11 heteroatoms. The molecule has 1 spiro atoms. The Morgan fingerprint density at radius 3 is 2.53 bits per heavy atom. The number of carbonyl (C=O) groups excluding carboxylic acids is 1. The molecule has 3 aromatic rings. The van der Waals surface area contributed by atoms with E-state index < -0.39 is 15.6 Å². The van der Waals surface area contributed by atoms with Crippen LogP contribution in [-0.4, -0.2) is 56.1 Å². The molecule has 43 heavy (non-hydrogen) atoms. The van der Waals surface area contributed by atoms with Gasteiger partial charge in [0, 0.05) is 30.2 Å². The van der Waals surface area contributed by atoms with Crippen LogP contribution >= 0.6 is 0 Å². The van der Waals surface area contributed by atoms with Crippen LogP contribution in [0.3, 0.4) is 0 Å². The van der Waals surface area contributed by atoms with Gasteiger partial charge in [0.2, 0.25) is 5.88 Å². The van der Waals surface area contributed by atoms with Gasteiger partial charge in [-0.05, 0) is 50.8 Å². The van der Waals surface area contributed by atoms with Crippen LogP contribution in [0.1, 0.15) is 68.7 Å². The van der Waals surface area contributed by atoms with Gasteiger partial charge in [0.1, 0.15) is 23.7 Å². The van der Waals surface area contributed by atoms with Crippen molar-refractivity contribution in [2.75, 3.05) is 25.0 Å². The van der Waals surface area contributed by atoms with Crippen molar-refractivity contribution in [2.24, 2.45) is 4.99 Å². The van der Waals surface area contributed by atoms with Crippen molar-refractivity contribution >= 4 is 27.7 Å². The van der Waals surface area contributed by atoms with Gasteiger partial charge in [-0.2, -0.15) is 0 Å². The summed E-state index contributed by atoms with van der Waals surface area (Å²) in [5.74, 6) is 1.52. The molecule has 1 amide bonds. The monoisotopic (exact) mass is 608 g/mol. The fraction of sp³-hybridized carbons (Fsp3) is 0.469. The van der Waals surface area contributed by atoms with Crippen LogP contribution in [0.5, 0.6) is 5.75 Å². The van der Waals surface area contributed by atoms with E-state index in [9.17, 15) is 13.2 Å². The minimum absolute atomic E-state index is 0.0691. The molecule has 0 bridgehead atoms. The van der Waals surface area contributed by atoms with Gasteiger partial charge >= 0.3 is 0 Å². The molecule has 0 atom stereocenters. The van der Waals surface area contributed by atoms with Crippen molar-refractivity contribution in [3.63, 3.8) is 0 Å². The Kier molecular flexibility index (Phi) is 9.22. The van der Waals surface area contributed by atoms with Crippen molar-refractivity contribution in [2.45, 2.75) is 82.7 Å². The van der Waals surface area contributed by atoms with Gasteiger partial charge in [-0.25, -0.2) is 13.1 Å². The molecule has 2 heterocycles. The van der Waals surface area contributed by atoms with Gasteiger partial charge in [0.05, 0.1) is 23.7 Å². The van der Waals surface area contributed by atoms with Crippen molar-refractivity contribution < 1.29 is 27.2 Å². The number of amides is 1. The zero-order chi connectivity index (χ0) is 30.6. The second-order valence-corrected chi connectivity index (χ2v) is 12.9. The maximum atomic E-state index is 13.7. The number of hydrogen-bond donors (Lipinski definition) is 1. The highest BCUT2D eigenvalue weighted by Crippen LogP contribution is 2.41.